The summed E-state index contributed by atoms with van der Waals surface area (Å²) in [4.78, 5) is 22.5. The maximum Gasteiger partial charge on any atom is 0.272 e. The van der Waals surface area contributed by atoms with Gasteiger partial charge in [-0.25, -0.2) is 9.97 Å². The molecule has 1 aromatic heterocycles. The molecule has 0 spiro atoms. The molecule has 1 aliphatic carbocycles. The van der Waals surface area contributed by atoms with Gasteiger partial charge in [0.1, 0.15) is 11.5 Å². The number of likely N-dealkylation sites (tertiary alicyclic amines) is 1. The topological polar surface area (TPSA) is 66.3 Å². The highest BCUT2D eigenvalue weighted by molar-refractivity contribution is 5.92. The van der Waals surface area contributed by atoms with Crippen molar-refractivity contribution in [3.05, 3.63) is 23.8 Å². The second-order valence-corrected chi connectivity index (χ2v) is 5.12. The van der Waals surface area contributed by atoms with E-state index in [2.05, 4.69) is 9.97 Å². The number of rotatable bonds is 2. The van der Waals surface area contributed by atoms with Gasteiger partial charge in [0, 0.05) is 25.2 Å². The minimum Gasteiger partial charge on any atom is -0.391 e. The summed E-state index contributed by atoms with van der Waals surface area (Å²) in [5, 5.41) is 9.60. The Labute approximate surface area is 106 Å². The zero-order valence-corrected chi connectivity index (χ0v) is 10.2. The third-order valence-electron chi connectivity index (χ3n) is 3.52. The van der Waals surface area contributed by atoms with Gasteiger partial charge >= 0.3 is 0 Å². The number of nitrogens with zero attached hydrogens (tertiary/aromatic N) is 3. The number of amides is 1. The predicted octanol–water partition coefficient (Wildman–Crippen LogP) is 0.951. The SMILES string of the molecule is O=C(c1ccnc(C2CC2)n1)N1CCCC(O)C1. The van der Waals surface area contributed by atoms with E-state index in [1.165, 1.54) is 0 Å². The molecule has 0 radical (unpaired) electrons. The first-order valence-electron chi connectivity index (χ1n) is 6.54. The zero-order chi connectivity index (χ0) is 12.5. The number of aliphatic hydroxyl groups excluding tert-OH is 1. The molecule has 5 heteroatoms. The van der Waals surface area contributed by atoms with E-state index >= 15 is 0 Å². The lowest BCUT2D eigenvalue weighted by Gasteiger charge is -2.29. The molecule has 2 heterocycles. The third-order valence-corrected chi connectivity index (χ3v) is 3.52. The Balaban J connectivity index is 1.76. The molecule has 18 heavy (non-hydrogen) atoms. The number of carbonyl (C=O) groups is 1. The van der Waals surface area contributed by atoms with Gasteiger partial charge in [0.2, 0.25) is 0 Å². The molecular formula is C13H17N3O2. The standard InChI is InChI=1S/C13H17N3O2/c17-10-2-1-7-16(8-10)13(18)11-5-6-14-12(15-11)9-3-4-9/h5-6,9-10,17H,1-4,7-8H2. The van der Waals surface area contributed by atoms with Crippen molar-refractivity contribution < 1.29 is 9.90 Å². The van der Waals surface area contributed by atoms with Gasteiger partial charge in [-0.05, 0) is 31.7 Å². The molecule has 2 aliphatic rings. The normalized spacial score (nSPS) is 24.1. The van der Waals surface area contributed by atoms with Gasteiger partial charge < -0.3 is 10.0 Å². The zero-order valence-electron chi connectivity index (χ0n) is 10.2. The lowest BCUT2D eigenvalue weighted by molar-refractivity contribution is 0.0468. The maximum atomic E-state index is 12.3. The van der Waals surface area contributed by atoms with Crippen LogP contribution in [0.4, 0.5) is 0 Å². The van der Waals surface area contributed by atoms with Gasteiger partial charge in [-0.3, -0.25) is 4.79 Å². The number of β-amino-alcohol motifs (C(OH)–C–C–N with tert-alkyl or cyclic N) is 1. The second-order valence-electron chi connectivity index (χ2n) is 5.12. The molecule has 1 amide bonds. The van der Waals surface area contributed by atoms with Crippen LogP contribution in [0.5, 0.6) is 0 Å². The summed E-state index contributed by atoms with van der Waals surface area (Å²) in [6.07, 6.45) is 5.15. The van der Waals surface area contributed by atoms with Crippen molar-refractivity contribution in [2.45, 2.75) is 37.7 Å². The van der Waals surface area contributed by atoms with Crippen LogP contribution in [0, 0.1) is 0 Å². The monoisotopic (exact) mass is 247 g/mol. The molecule has 2 fully saturated rings. The number of piperidine rings is 1. The van der Waals surface area contributed by atoms with Gasteiger partial charge in [0.15, 0.2) is 0 Å². The van der Waals surface area contributed by atoms with Gasteiger partial charge in [0.05, 0.1) is 6.10 Å². The van der Waals surface area contributed by atoms with Crippen LogP contribution in [0.3, 0.4) is 0 Å². The Kier molecular flexibility index (Phi) is 2.99. The molecule has 5 nitrogen and oxygen atoms in total. The van der Waals surface area contributed by atoms with Crippen LogP contribution in [-0.2, 0) is 0 Å². The van der Waals surface area contributed by atoms with E-state index in [1.807, 2.05) is 0 Å². The minimum atomic E-state index is -0.396. The molecule has 1 unspecified atom stereocenters. The fraction of sp³-hybridized carbons (Fsp3) is 0.615. The van der Waals surface area contributed by atoms with E-state index in [1.54, 1.807) is 17.2 Å². The number of carbonyl (C=O) groups excluding carboxylic acids is 1. The van der Waals surface area contributed by atoms with Crippen molar-refractivity contribution >= 4 is 5.91 Å². The highest BCUT2D eigenvalue weighted by atomic mass is 16.3. The first-order chi connectivity index (χ1) is 8.74. The summed E-state index contributed by atoms with van der Waals surface area (Å²) >= 11 is 0. The molecule has 1 saturated carbocycles. The second kappa shape index (κ2) is 4.65. The fourth-order valence-electron chi connectivity index (χ4n) is 2.33. The van der Waals surface area contributed by atoms with E-state index in [0.717, 1.165) is 31.5 Å². The predicted molar refractivity (Wildman–Crippen MR) is 65.2 cm³/mol. The van der Waals surface area contributed by atoms with E-state index in [0.29, 0.717) is 24.7 Å². The van der Waals surface area contributed by atoms with Gasteiger partial charge in [0.25, 0.3) is 5.91 Å². The molecular weight excluding hydrogens is 230 g/mol. The lowest BCUT2D eigenvalue weighted by Crippen LogP contribution is -2.42. The van der Waals surface area contributed by atoms with Crippen LogP contribution in [0.15, 0.2) is 12.3 Å². The molecule has 1 saturated heterocycles. The summed E-state index contributed by atoms with van der Waals surface area (Å²) in [7, 11) is 0. The average molecular weight is 247 g/mol. The molecule has 1 aliphatic heterocycles. The summed E-state index contributed by atoms with van der Waals surface area (Å²) in [6.45, 7) is 1.13. The third kappa shape index (κ3) is 2.36. The Hall–Kier alpha value is -1.49. The van der Waals surface area contributed by atoms with E-state index in [4.69, 9.17) is 0 Å². The smallest absolute Gasteiger partial charge is 0.272 e. The van der Waals surface area contributed by atoms with Crippen LogP contribution in [0.25, 0.3) is 0 Å². The van der Waals surface area contributed by atoms with Crippen LogP contribution in [0.1, 0.15) is 47.9 Å². The highest BCUT2D eigenvalue weighted by Gasteiger charge is 2.28. The number of aromatic nitrogens is 2. The lowest BCUT2D eigenvalue weighted by atomic mass is 10.1. The van der Waals surface area contributed by atoms with Crippen LogP contribution in [0.2, 0.25) is 0 Å². The van der Waals surface area contributed by atoms with E-state index in [-0.39, 0.29) is 5.91 Å². The van der Waals surface area contributed by atoms with Gasteiger partial charge in [-0.15, -0.1) is 0 Å². The molecule has 3 rings (SSSR count). The Morgan fingerprint density at radius 3 is 2.94 bits per heavy atom. The van der Waals surface area contributed by atoms with Crippen LogP contribution < -0.4 is 0 Å². The highest BCUT2D eigenvalue weighted by Crippen LogP contribution is 2.37. The largest absolute Gasteiger partial charge is 0.391 e. The Bertz CT molecular complexity index is 459. The first kappa shape index (κ1) is 11.6. The van der Waals surface area contributed by atoms with Gasteiger partial charge in [-0.1, -0.05) is 0 Å². The van der Waals surface area contributed by atoms with Crippen molar-refractivity contribution in [2.75, 3.05) is 13.1 Å². The van der Waals surface area contributed by atoms with Crippen LogP contribution >= 0.6 is 0 Å². The fourth-order valence-corrected chi connectivity index (χ4v) is 2.33. The van der Waals surface area contributed by atoms with Crippen molar-refractivity contribution in [3.8, 4) is 0 Å². The Morgan fingerprint density at radius 2 is 2.22 bits per heavy atom. The number of hydrogen-bond acceptors (Lipinski definition) is 4. The van der Waals surface area contributed by atoms with Crippen molar-refractivity contribution in [1.29, 1.82) is 0 Å². The number of hydrogen-bond donors (Lipinski definition) is 1. The first-order valence-corrected chi connectivity index (χ1v) is 6.54. The van der Waals surface area contributed by atoms with E-state index < -0.39 is 6.10 Å². The minimum absolute atomic E-state index is 0.0851. The molecule has 0 bridgehead atoms. The van der Waals surface area contributed by atoms with Gasteiger partial charge in [-0.2, -0.15) is 0 Å². The average Bonchev–Trinajstić information content (AvgIpc) is 3.22. The molecule has 0 aromatic carbocycles. The molecule has 96 valence electrons. The van der Waals surface area contributed by atoms with Crippen molar-refractivity contribution in [3.63, 3.8) is 0 Å². The summed E-state index contributed by atoms with van der Waals surface area (Å²) in [6, 6.07) is 1.66. The van der Waals surface area contributed by atoms with E-state index in [9.17, 15) is 9.90 Å². The molecule has 1 atom stereocenters. The molecule has 1 aromatic rings. The maximum absolute atomic E-state index is 12.3. The summed E-state index contributed by atoms with van der Waals surface area (Å²) < 4.78 is 0. The summed E-state index contributed by atoms with van der Waals surface area (Å²) in [5.74, 6) is 1.15. The van der Waals surface area contributed by atoms with Crippen molar-refractivity contribution in [2.24, 2.45) is 0 Å². The number of aliphatic hydroxyl groups is 1. The van der Waals surface area contributed by atoms with Crippen LogP contribution in [-0.4, -0.2) is 45.1 Å². The Morgan fingerprint density at radius 1 is 1.39 bits per heavy atom. The summed E-state index contributed by atoms with van der Waals surface area (Å²) in [5.41, 5.74) is 0.459. The molecule has 1 N–H and O–H groups in total. The quantitative estimate of drug-likeness (QED) is 0.845. The van der Waals surface area contributed by atoms with Crippen molar-refractivity contribution in [1.82, 2.24) is 14.9 Å².